The molecule has 1 N–H and O–H groups in total. The van der Waals surface area contributed by atoms with Gasteiger partial charge >= 0.3 is 0 Å². The number of amides is 1. The summed E-state index contributed by atoms with van der Waals surface area (Å²) in [6.07, 6.45) is 7.58. The van der Waals surface area contributed by atoms with Crippen LogP contribution in [0.2, 0.25) is 5.02 Å². The molecule has 0 spiro atoms. The zero-order valence-corrected chi connectivity index (χ0v) is 21.2. The van der Waals surface area contributed by atoms with Crippen molar-refractivity contribution in [2.75, 3.05) is 6.54 Å². The Morgan fingerprint density at radius 2 is 1.91 bits per heavy atom. The SMILES string of the molecule is CC(Oc1ccc(Cl)cc1F)=C1CCC1.CCCCC(F)(F)CC(C)CC.O=C1CCCN1. The minimum absolute atomic E-state index is 0.0590. The van der Waals surface area contributed by atoms with Crippen LogP contribution in [-0.4, -0.2) is 18.4 Å². The number of nitrogens with one attached hydrogen (secondary N) is 1. The van der Waals surface area contributed by atoms with E-state index in [0.29, 0.717) is 11.4 Å². The molecule has 1 aliphatic carbocycles. The fourth-order valence-electron chi connectivity index (χ4n) is 3.26. The number of hydrogen-bond acceptors (Lipinski definition) is 2. The van der Waals surface area contributed by atoms with E-state index in [1.165, 1.54) is 18.1 Å². The van der Waals surface area contributed by atoms with Crippen molar-refractivity contribution in [3.05, 3.63) is 40.4 Å². The topological polar surface area (TPSA) is 38.3 Å². The maximum Gasteiger partial charge on any atom is 0.248 e. The molecule has 1 atom stereocenters. The number of allylic oxidation sites excluding steroid dienone is 2. The predicted molar refractivity (Wildman–Crippen MR) is 129 cm³/mol. The first-order valence-corrected chi connectivity index (χ1v) is 12.4. The van der Waals surface area contributed by atoms with E-state index in [4.69, 9.17) is 16.3 Å². The second-order valence-electron chi connectivity index (χ2n) is 8.82. The minimum Gasteiger partial charge on any atom is -0.459 e. The van der Waals surface area contributed by atoms with E-state index in [-0.39, 0.29) is 30.4 Å². The van der Waals surface area contributed by atoms with Crippen molar-refractivity contribution in [1.82, 2.24) is 5.32 Å². The van der Waals surface area contributed by atoms with Gasteiger partial charge in [-0.3, -0.25) is 4.79 Å². The Morgan fingerprint density at radius 1 is 1.21 bits per heavy atom. The first-order chi connectivity index (χ1) is 15.6. The Kier molecular flexibility index (Phi) is 13.6. The summed E-state index contributed by atoms with van der Waals surface area (Å²) < 4.78 is 44.9. The summed E-state index contributed by atoms with van der Waals surface area (Å²) in [5.74, 6) is -1.42. The maximum atomic E-state index is 13.4. The third-order valence-electron chi connectivity index (χ3n) is 5.75. The highest BCUT2D eigenvalue weighted by Crippen LogP contribution is 2.31. The summed E-state index contributed by atoms with van der Waals surface area (Å²) in [4.78, 5) is 10.1. The summed E-state index contributed by atoms with van der Waals surface area (Å²) in [7, 11) is 0. The number of hydrogen-bond donors (Lipinski definition) is 1. The molecule has 3 nitrogen and oxygen atoms in total. The molecule has 0 bridgehead atoms. The molecule has 188 valence electrons. The molecule has 1 aromatic carbocycles. The molecule has 1 saturated heterocycles. The number of rotatable bonds is 8. The van der Waals surface area contributed by atoms with Gasteiger partial charge in [0, 0.05) is 30.8 Å². The zero-order chi connectivity index (χ0) is 24.9. The van der Waals surface area contributed by atoms with Gasteiger partial charge in [-0.15, -0.1) is 0 Å². The molecular weight excluding hydrogens is 451 g/mol. The molecule has 1 aliphatic heterocycles. The molecule has 2 fully saturated rings. The molecule has 1 aromatic rings. The number of benzene rings is 1. The second-order valence-corrected chi connectivity index (χ2v) is 9.26. The van der Waals surface area contributed by atoms with Crippen LogP contribution in [0.15, 0.2) is 29.5 Å². The zero-order valence-electron chi connectivity index (χ0n) is 20.4. The van der Waals surface area contributed by atoms with Crippen LogP contribution in [0.5, 0.6) is 5.75 Å². The number of carbonyl (C=O) groups excluding carboxylic acids is 1. The summed E-state index contributed by atoms with van der Waals surface area (Å²) in [5.41, 5.74) is 1.28. The van der Waals surface area contributed by atoms with Crippen LogP contribution < -0.4 is 10.1 Å². The molecule has 2 aliphatic rings. The van der Waals surface area contributed by atoms with E-state index in [0.717, 1.165) is 50.8 Å². The summed E-state index contributed by atoms with van der Waals surface area (Å²) in [6.45, 7) is 8.56. The average molecular weight is 490 g/mol. The van der Waals surface area contributed by atoms with Gasteiger partial charge in [0.25, 0.3) is 0 Å². The largest absolute Gasteiger partial charge is 0.459 e. The van der Waals surface area contributed by atoms with Crippen LogP contribution in [0.25, 0.3) is 0 Å². The van der Waals surface area contributed by atoms with Gasteiger partial charge in [0.1, 0.15) is 5.76 Å². The Morgan fingerprint density at radius 3 is 2.33 bits per heavy atom. The van der Waals surface area contributed by atoms with E-state index in [9.17, 15) is 18.0 Å². The molecule has 1 amide bonds. The van der Waals surface area contributed by atoms with E-state index in [1.807, 2.05) is 27.7 Å². The van der Waals surface area contributed by atoms with Gasteiger partial charge in [-0.2, -0.15) is 0 Å². The number of ether oxygens (including phenoxy) is 1. The quantitative estimate of drug-likeness (QED) is 0.372. The lowest BCUT2D eigenvalue weighted by Crippen LogP contribution is -2.19. The third-order valence-corrected chi connectivity index (χ3v) is 5.99. The molecule has 1 unspecified atom stereocenters. The predicted octanol–water partition coefficient (Wildman–Crippen LogP) is 8.46. The van der Waals surface area contributed by atoms with Gasteiger partial charge in [-0.05, 0) is 68.7 Å². The number of unbranched alkanes of at least 4 members (excludes halogenated alkanes) is 1. The molecule has 3 rings (SSSR count). The van der Waals surface area contributed by atoms with E-state index >= 15 is 0 Å². The highest BCUT2D eigenvalue weighted by Gasteiger charge is 2.29. The summed E-state index contributed by atoms with van der Waals surface area (Å²) in [5, 5.41) is 3.06. The van der Waals surface area contributed by atoms with Gasteiger partial charge in [-0.25, -0.2) is 13.2 Å². The Bertz CT molecular complexity index is 754. The number of carbonyl (C=O) groups is 1. The van der Waals surface area contributed by atoms with Crippen molar-refractivity contribution in [2.24, 2.45) is 5.92 Å². The van der Waals surface area contributed by atoms with Crippen LogP contribution in [0, 0.1) is 11.7 Å². The van der Waals surface area contributed by atoms with Gasteiger partial charge in [-0.1, -0.05) is 45.2 Å². The molecule has 0 aromatic heterocycles. The van der Waals surface area contributed by atoms with Crippen molar-refractivity contribution in [1.29, 1.82) is 0 Å². The minimum atomic E-state index is -2.43. The van der Waals surface area contributed by atoms with Crippen LogP contribution in [-0.2, 0) is 4.79 Å². The smallest absolute Gasteiger partial charge is 0.248 e. The van der Waals surface area contributed by atoms with Crippen molar-refractivity contribution in [3.8, 4) is 5.75 Å². The van der Waals surface area contributed by atoms with Crippen LogP contribution in [0.1, 0.15) is 91.9 Å². The number of alkyl halides is 2. The Balaban J connectivity index is 0.000000270. The highest BCUT2D eigenvalue weighted by atomic mass is 35.5. The maximum absolute atomic E-state index is 13.4. The fourth-order valence-corrected chi connectivity index (χ4v) is 3.42. The normalized spacial score (nSPS) is 15.9. The molecule has 33 heavy (non-hydrogen) atoms. The fraction of sp³-hybridized carbons (Fsp3) is 0.654. The van der Waals surface area contributed by atoms with Crippen LogP contribution in [0.3, 0.4) is 0 Å². The molecule has 1 heterocycles. The van der Waals surface area contributed by atoms with Gasteiger partial charge in [0.05, 0.1) is 0 Å². The molecule has 1 saturated carbocycles. The molecule has 7 heteroatoms. The monoisotopic (exact) mass is 489 g/mol. The van der Waals surface area contributed by atoms with E-state index < -0.39 is 11.7 Å². The summed E-state index contributed by atoms with van der Waals surface area (Å²) >= 11 is 5.65. The average Bonchev–Trinajstić information content (AvgIpc) is 3.19. The van der Waals surface area contributed by atoms with Gasteiger partial charge in [0.15, 0.2) is 11.6 Å². The summed E-state index contributed by atoms with van der Waals surface area (Å²) in [6, 6.07) is 4.44. The Labute approximate surface area is 202 Å². The van der Waals surface area contributed by atoms with E-state index in [2.05, 4.69) is 5.32 Å². The lowest BCUT2D eigenvalue weighted by Gasteiger charge is -2.20. The van der Waals surface area contributed by atoms with Crippen LogP contribution in [0.4, 0.5) is 13.2 Å². The Hall–Kier alpha value is -1.69. The standard InChI is InChI=1S/C12H12ClFO.C10H20F2.C4H7NO/c1-8(9-3-2-4-9)15-12-6-5-10(13)7-11(12)14;1-4-6-7-10(11,12)8-9(3)5-2;6-4-2-1-3-5-4/h5-7H,2-4H2,1H3;9H,4-8H2,1-3H3;1-3H2,(H,5,6). The molecule has 0 radical (unpaired) electrons. The lowest BCUT2D eigenvalue weighted by molar-refractivity contribution is -0.119. The van der Waals surface area contributed by atoms with Crippen LogP contribution >= 0.6 is 11.6 Å². The first kappa shape index (κ1) is 29.3. The molecular formula is C26H39ClF3NO2. The highest BCUT2D eigenvalue weighted by molar-refractivity contribution is 6.30. The van der Waals surface area contributed by atoms with Crippen molar-refractivity contribution >= 4 is 17.5 Å². The third kappa shape index (κ3) is 12.4. The van der Waals surface area contributed by atoms with Crippen molar-refractivity contribution in [3.63, 3.8) is 0 Å². The van der Waals surface area contributed by atoms with Crippen molar-refractivity contribution < 1.29 is 22.7 Å². The van der Waals surface area contributed by atoms with Gasteiger partial charge in [0.2, 0.25) is 11.8 Å². The first-order valence-electron chi connectivity index (χ1n) is 12.0. The lowest BCUT2D eigenvalue weighted by atomic mass is 9.91. The van der Waals surface area contributed by atoms with Gasteiger partial charge < -0.3 is 10.1 Å². The second kappa shape index (κ2) is 15.3. The number of halogens is 4. The van der Waals surface area contributed by atoms with E-state index in [1.54, 1.807) is 12.1 Å². The van der Waals surface area contributed by atoms with Crippen molar-refractivity contribution in [2.45, 2.75) is 97.8 Å².